The van der Waals surface area contributed by atoms with Gasteiger partial charge in [0.05, 0.1) is 19.4 Å². The van der Waals surface area contributed by atoms with Gasteiger partial charge in [-0.25, -0.2) is 0 Å². The van der Waals surface area contributed by atoms with E-state index in [1.165, 1.54) is 6.26 Å². The molecule has 0 aliphatic rings. The van der Waals surface area contributed by atoms with Crippen molar-refractivity contribution in [3.63, 3.8) is 0 Å². The molecule has 7 heteroatoms. The average molecular weight is 366 g/mol. The van der Waals surface area contributed by atoms with Gasteiger partial charge in [0.1, 0.15) is 11.5 Å². The highest BCUT2D eigenvalue weighted by Crippen LogP contribution is 2.21. The molecule has 0 aliphatic carbocycles. The summed E-state index contributed by atoms with van der Waals surface area (Å²) in [7, 11) is 0. The van der Waals surface area contributed by atoms with Gasteiger partial charge < -0.3 is 19.2 Å². The van der Waals surface area contributed by atoms with Gasteiger partial charge in [0.25, 0.3) is 5.91 Å². The summed E-state index contributed by atoms with van der Waals surface area (Å²) in [5.74, 6) is 0.517. The van der Waals surface area contributed by atoms with Crippen LogP contribution in [0.4, 0.5) is 0 Å². The third kappa shape index (κ3) is 6.89. The van der Waals surface area contributed by atoms with E-state index in [1.54, 1.807) is 24.3 Å². The molecule has 0 unspecified atom stereocenters. The molecule has 134 valence electrons. The van der Waals surface area contributed by atoms with E-state index in [2.05, 4.69) is 5.32 Å². The minimum absolute atomic E-state index is 0.179. The zero-order chi connectivity index (χ0) is 18.1. The summed E-state index contributed by atoms with van der Waals surface area (Å²) in [5, 5.41) is 3.28. The number of furan rings is 1. The second kappa shape index (κ2) is 9.74. The van der Waals surface area contributed by atoms with E-state index in [0.717, 1.165) is 5.56 Å². The van der Waals surface area contributed by atoms with Crippen molar-refractivity contribution in [3.8, 4) is 5.75 Å². The number of aryl methyl sites for hydroxylation is 1. The summed E-state index contributed by atoms with van der Waals surface area (Å²) in [4.78, 5) is 23.1. The number of benzene rings is 1. The molecule has 0 atom stereocenters. The Morgan fingerprint density at radius 3 is 2.84 bits per heavy atom. The van der Waals surface area contributed by atoms with Gasteiger partial charge in [0, 0.05) is 11.4 Å². The van der Waals surface area contributed by atoms with E-state index in [9.17, 15) is 9.59 Å². The van der Waals surface area contributed by atoms with Crippen molar-refractivity contribution >= 4 is 23.5 Å². The molecule has 0 saturated heterocycles. The monoisotopic (exact) mass is 365 g/mol. The van der Waals surface area contributed by atoms with Gasteiger partial charge in [-0.15, -0.1) is 0 Å². The van der Waals surface area contributed by atoms with Crippen LogP contribution in [-0.4, -0.2) is 25.1 Å². The molecule has 0 aliphatic heterocycles. The van der Waals surface area contributed by atoms with E-state index in [-0.39, 0.29) is 25.5 Å². The number of nitrogens with one attached hydrogen (secondary N) is 1. The van der Waals surface area contributed by atoms with Crippen molar-refractivity contribution in [2.75, 3.05) is 13.2 Å². The molecule has 1 N–H and O–H groups in total. The summed E-state index contributed by atoms with van der Waals surface area (Å²) < 4.78 is 15.5. The number of rotatable bonds is 9. The predicted molar refractivity (Wildman–Crippen MR) is 92.4 cm³/mol. The first kappa shape index (κ1) is 18.9. The van der Waals surface area contributed by atoms with Crippen molar-refractivity contribution in [2.45, 2.75) is 26.3 Å². The number of amides is 1. The number of ether oxygens (including phenoxy) is 2. The predicted octanol–water partition coefficient (Wildman–Crippen LogP) is 3.26. The largest absolute Gasteiger partial charge is 0.494 e. The molecule has 0 fully saturated rings. The summed E-state index contributed by atoms with van der Waals surface area (Å²) in [5.41, 5.74) is 0.930. The molecule has 2 rings (SSSR count). The SMILES string of the molecule is Cc1cc(OCCCC(=O)OCC(=O)NCc2ccco2)ccc1Cl. The maximum Gasteiger partial charge on any atom is 0.306 e. The Morgan fingerprint density at radius 1 is 1.28 bits per heavy atom. The van der Waals surface area contributed by atoms with Crippen molar-refractivity contribution in [1.29, 1.82) is 0 Å². The third-order valence-electron chi connectivity index (χ3n) is 3.33. The van der Waals surface area contributed by atoms with Gasteiger partial charge in [-0.2, -0.15) is 0 Å². The lowest BCUT2D eigenvalue weighted by Crippen LogP contribution is -2.28. The highest BCUT2D eigenvalue weighted by molar-refractivity contribution is 6.31. The number of hydrogen-bond donors (Lipinski definition) is 1. The topological polar surface area (TPSA) is 77.8 Å². The van der Waals surface area contributed by atoms with Crippen LogP contribution in [0.2, 0.25) is 5.02 Å². The van der Waals surface area contributed by atoms with Crippen LogP contribution in [0.3, 0.4) is 0 Å². The first-order valence-electron chi connectivity index (χ1n) is 7.88. The molecule has 0 bridgehead atoms. The van der Waals surface area contributed by atoms with Crippen LogP contribution in [0, 0.1) is 6.92 Å². The molecule has 0 spiro atoms. The van der Waals surface area contributed by atoms with E-state index >= 15 is 0 Å². The van der Waals surface area contributed by atoms with Crippen molar-refractivity contribution in [3.05, 3.63) is 52.9 Å². The summed E-state index contributed by atoms with van der Waals surface area (Å²) in [6.45, 7) is 2.22. The molecule has 2 aromatic rings. The van der Waals surface area contributed by atoms with E-state index in [4.69, 9.17) is 25.5 Å². The molecule has 25 heavy (non-hydrogen) atoms. The van der Waals surface area contributed by atoms with Crippen LogP contribution in [0.15, 0.2) is 41.0 Å². The summed E-state index contributed by atoms with van der Waals surface area (Å²) >= 11 is 5.94. The Bertz CT molecular complexity index is 699. The number of halogens is 1. The first-order chi connectivity index (χ1) is 12.0. The fraction of sp³-hybridized carbons (Fsp3) is 0.333. The second-order valence-electron chi connectivity index (χ2n) is 5.38. The molecule has 6 nitrogen and oxygen atoms in total. The zero-order valence-electron chi connectivity index (χ0n) is 13.9. The average Bonchev–Trinajstić information content (AvgIpc) is 3.11. The minimum atomic E-state index is -0.441. The van der Waals surface area contributed by atoms with E-state index in [0.29, 0.717) is 29.6 Å². The van der Waals surface area contributed by atoms with Crippen molar-refractivity contribution in [1.82, 2.24) is 5.32 Å². The van der Waals surface area contributed by atoms with Crippen LogP contribution in [0.5, 0.6) is 5.75 Å². The number of carbonyl (C=O) groups is 2. The van der Waals surface area contributed by atoms with Gasteiger partial charge in [0.2, 0.25) is 0 Å². The maximum absolute atomic E-state index is 11.6. The van der Waals surface area contributed by atoms with Gasteiger partial charge in [-0.3, -0.25) is 9.59 Å². The number of hydrogen-bond acceptors (Lipinski definition) is 5. The summed E-state index contributed by atoms with van der Waals surface area (Å²) in [6, 6.07) is 8.85. The van der Waals surface area contributed by atoms with Gasteiger partial charge in [-0.05, 0) is 49.2 Å². The molecule has 1 heterocycles. The Balaban J connectivity index is 1.55. The quantitative estimate of drug-likeness (QED) is 0.545. The van der Waals surface area contributed by atoms with Crippen LogP contribution in [-0.2, 0) is 20.9 Å². The lowest BCUT2D eigenvalue weighted by molar-refractivity contribution is -0.148. The van der Waals surface area contributed by atoms with Crippen LogP contribution < -0.4 is 10.1 Å². The lowest BCUT2D eigenvalue weighted by atomic mass is 10.2. The van der Waals surface area contributed by atoms with Gasteiger partial charge in [-0.1, -0.05) is 11.6 Å². The molecule has 1 aromatic carbocycles. The first-order valence-corrected chi connectivity index (χ1v) is 8.26. The molecular formula is C18H20ClNO5. The Labute approximate surface area is 151 Å². The fourth-order valence-corrected chi connectivity index (χ4v) is 2.10. The Morgan fingerprint density at radius 2 is 2.12 bits per heavy atom. The van der Waals surface area contributed by atoms with Gasteiger partial charge in [0.15, 0.2) is 6.61 Å². The minimum Gasteiger partial charge on any atom is -0.494 e. The molecule has 1 amide bonds. The zero-order valence-corrected chi connectivity index (χ0v) is 14.7. The highest BCUT2D eigenvalue weighted by Gasteiger charge is 2.08. The fourth-order valence-electron chi connectivity index (χ4n) is 1.98. The number of esters is 1. The second-order valence-corrected chi connectivity index (χ2v) is 5.79. The van der Waals surface area contributed by atoms with Crippen molar-refractivity contribution in [2.24, 2.45) is 0 Å². The van der Waals surface area contributed by atoms with Crippen LogP contribution in [0.25, 0.3) is 0 Å². The van der Waals surface area contributed by atoms with E-state index in [1.807, 2.05) is 13.0 Å². The highest BCUT2D eigenvalue weighted by atomic mass is 35.5. The maximum atomic E-state index is 11.6. The molecule has 1 aromatic heterocycles. The number of carbonyl (C=O) groups excluding carboxylic acids is 2. The van der Waals surface area contributed by atoms with Crippen LogP contribution in [0.1, 0.15) is 24.2 Å². The van der Waals surface area contributed by atoms with E-state index < -0.39 is 5.97 Å². The standard InChI is InChI=1S/C18H20ClNO5/c1-13-10-14(6-7-16(13)19)23-9-3-5-18(22)25-12-17(21)20-11-15-4-2-8-24-15/h2,4,6-8,10H,3,5,9,11-12H2,1H3,(H,20,21). The van der Waals surface area contributed by atoms with Crippen LogP contribution >= 0.6 is 11.6 Å². The Hall–Kier alpha value is -2.47. The molecule has 0 saturated carbocycles. The van der Waals surface area contributed by atoms with Crippen molar-refractivity contribution < 1.29 is 23.5 Å². The Kier molecular flexibility index (Phi) is 7.35. The smallest absolute Gasteiger partial charge is 0.306 e. The molecular weight excluding hydrogens is 346 g/mol. The normalized spacial score (nSPS) is 10.3. The lowest BCUT2D eigenvalue weighted by Gasteiger charge is -2.08. The van der Waals surface area contributed by atoms with Gasteiger partial charge >= 0.3 is 5.97 Å². The molecule has 0 radical (unpaired) electrons. The third-order valence-corrected chi connectivity index (χ3v) is 3.75. The summed E-state index contributed by atoms with van der Waals surface area (Å²) in [6.07, 6.45) is 2.20.